The molecule has 0 amide bonds. The number of rotatable bonds is 5. The van der Waals surface area contributed by atoms with Crippen molar-refractivity contribution in [3.63, 3.8) is 0 Å². The number of benzene rings is 2. The minimum Gasteiger partial charge on any atom is -0.486 e. The molecule has 0 spiro atoms. The van der Waals surface area contributed by atoms with Gasteiger partial charge in [0.15, 0.2) is 11.5 Å². The van der Waals surface area contributed by atoms with Gasteiger partial charge in [-0.15, -0.1) is 0 Å². The van der Waals surface area contributed by atoms with Crippen LogP contribution in [0.3, 0.4) is 0 Å². The molecule has 25 heavy (non-hydrogen) atoms. The summed E-state index contributed by atoms with van der Waals surface area (Å²) < 4.78 is 13.7. The largest absolute Gasteiger partial charge is 0.486 e. The van der Waals surface area contributed by atoms with Crippen molar-refractivity contribution in [2.75, 3.05) is 19.8 Å². The number of hydrogen-bond acceptors (Lipinski definition) is 4. The van der Waals surface area contributed by atoms with Gasteiger partial charge >= 0.3 is 0 Å². The molecule has 3 aromatic rings. The molecule has 2 aromatic carbocycles. The lowest BCUT2D eigenvalue weighted by Crippen LogP contribution is -2.15. The Kier molecular flexibility index (Phi) is 4.32. The van der Waals surface area contributed by atoms with Crippen LogP contribution in [0.4, 0.5) is 0 Å². The minimum atomic E-state index is 0.586. The fourth-order valence-corrected chi connectivity index (χ4v) is 3.22. The molecular weight excluding hydrogens is 314 g/mol. The van der Waals surface area contributed by atoms with Crippen LogP contribution in [-0.2, 0) is 13.0 Å². The predicted octanol–water partition coefficient (Wildman–Crippen LogP) is 3.06. The van der Waals surface area contributed by atoms with Crippen LogP contribution >= 0.6 is 0 Å². The van der Waals surface area contributed by atoms with Crippen LogP contribution in [0.5, 0.6) is 11.5 Å². The van der Waals surface area contributed by atoms with Crippen molar-refractivity contribution >= 4 is 11.0 Å². The van der Waals surface area contributed by atoms with Crippen molar-refractivity contribution in [2.24, 2.45) is 5.73 Å². The van der Waals surface area contributed by atoms with Crippen LogP contribution in [0.2, 0.25) is 0 Å². The first-order chi connectivity index (χ1) is 12.2. The van der Waals surface area contributed by atoms with E-state index < -0.39 is 0 Å². The quantitative estimate of drug-likeness (QED) is 0.777. The molecule has 5 nitrogen and oxygen atoms in total. The van der Waals surface area contributed by atoms with E-state index in [9.17, 15) is 0 Å². The minimum absolute atomic E-state index is 0.586. The Morgan fingerprint density at radius 1 is 1.08 bits per heavy atom. The fourth-order valence-electron chi connectivity index (χ4n) is 3.22. The molecule has 2 N–H and O–H groups in total. The number of aryl methyl sites for hydroxylation is 2. The monoisotopic (exact) mass is 337 g/mol. The van der Waals surface area contributed by atoms with Gasteiger partial charge in [-0.05, 0) is 25.5 Å². The number of nitrogens with two attached hydrogens (primary N) is 1. The van der Waals surface area contributed by atoms with E-state index in [4.69, 9.17) is 20.2 Å². The lowest BCUT2D eigenvalue weighted by molar-refractivity contribution is 0.172. The molecule has 0 fully saturated rings. The molecular formula is C20H23N3O2. The zero-order valence-electron chi connectivity index (χ0n) is 14.5. The summed E-state index contributed by atoms with van der Waals surface area (Å²) in [5, 5.41) is 0. The van der Waals surface area contributed by atoms with Crippen molar-refractivity contribution < 1.29 is 9.47 Å². The fraction of sp³-hybridized carbons (Fsp3) is 0.350. The summed E-state index contributed by atoms with van der Waals surface area (Å²) in [6.07, 6.45) is 1.79. The molecule has 1 aromatic heterocycles. The van der Waals surface area contributed by atoms with Gasteiger partial charge in [0.1, 0.15) is 19.0 Å². The third-order valence-corrected chi connectivity index (χ3v) is 4.56. The van der Waals surface area contributed by atoms with Gasteiger partial charge in [0.2, 0.25) is 0 Å². The maximum atomic E-state index is 5.76. The number of nitrogens with zero attached hydrogens (tertiary/aromatic N) is 2. The number of ether oxygens (including phenoxy) is 2. The zero-order valence-corrected chi connectivity index (χ0v) is 14.5. The summed E-state index contributed by atoms with van der Waals surface area (Å²) in [6, 6.07) is 12.7. The van der Waals surface area contributed by atoms with Gasteiger partial charge in [-0.3, -0.25) is 0 Å². The van der Waals surface area contributed by atoms with Gasteiger partial charge in [-0.25, -0.2) is 4.98 Å². The van der Waals surface area contributed by atoms with Gasteiger partial charge in [0.25, 0.3) is 0 Å². The standard InChI is InChI=1S/C20H23N3O2/c1-14-4-6-15(7-5-14)13-23-17-12-19-18(24-9-10-25-19)11-16(17)22-20(23)3-2-8-21/h4-7,11-12H,2-3,8-10,13,21H2,1H3. The average molecular weight is 337 g/mol. The van der Waals surface area contributed by atoms with E-state index in [2.05, 4.69) is 41.8 Å². The second-order valence-electron chi connectivity index (χ2n) is 6.48. The van der Waals surface area contributed by atoms with Gasteiger partial charge < -0.3 is 19.8 Å². The highest BCUT2D eigenvalue weighted by Crippen LogP contribution is 2.35. The summed E-state index contributed by atoms with van der Waals surface area (Å²) >= 11 is 0. The van der Waals surface area contributed by atoms with Crippen LogP contribution in [-0.4, -0.2) is 29.3 Å². The zero-order chi connectivity index (χ0) is 17.2. The second kappa shape index (κ2) is 6.76. The van der Waals surface area contributed by atoms with Crippen LogP contribution in [0.25, 0.3) is 11.0 Å². The van der Waals surface area contributed by atoms with Gasteiger partial charge in [0, 0.05) is 25.1 Å². The van der Waals surface area contributed by atoms with Crippen LogP contribution in [0.15, 0.2) is 36.4 Å². The summed E-state index contributed by atoms with van der Waals surface area (Å²) in [5.74, 6) is 2.64. The highest BCUT2D eigenvalue weighted by Gasteiger charge is 2.18. The van der Waals surface area contributed by atoms with Gasteiger partial charge in [-0.1, -0.05) is 29.8 Å². The van der Waals surface area contributed by atoms with Crippen molar-refractivity contribution in [1.29, 1.82) is 0 Å². The van der Waals surface area contributed by atoms with E-state index >= 15 is 0 Å². The van der Waals surface area contributed by atoms with E-state index in [-0.39, 0.29) is 0 Å². The molecule has 1 aliphatic heterocycles. The number of hydrogen-bond donors (Lipinski definition) is 1. The van der Waals surface area contributed by atoms with Crippen molar-refractivity contribution in [3.8, 4) is 11.5 Å². The molecule has 0 atom stereocenters. The number of fused-ring (bicyclic) bond motifs is 2. The molecule has 5 heteroatoms. The summed E-state index contributed by atoms with van der Waals surface area (Å²) in [6.45, 7) is 4.73. The van der Waals surface area contributed by atoms with Crippen molar-refractivity contribution in [1.82, 2.24) is 9.55 Å². The van der Waals surface area contributed by atoms with Crippen molar-refractivity contribution in [2.45, 2.75) is 26.3 Å². The first-order valence-electron chi connectivity index (χ1n) is 8.79. The Labute approximate surface area is 147 Å². The Bertz CT molecular complexity index is 884. The molecule has 0 radical (unpaired) electrons. The molecule has 1 aliphatic rings. The molecule has 130 valence electrons. The normalized spacial score (nSPS) is 13.4. The summed E-state index contributed by atoms with van der Waals surface area (Å²) in [7, 11) is 0. The topological polar surface area (TPSA) is 62.3 Å². The second-order valence-corrected chi connectivity index (χ2v) is 6.48. The van der Waals surface area contributed by atoms with E-state index in [0.29, 0.717) is 19.8 Å². The molecule has 0 saturated carbocycles. The average Bonchev–Trinajstić information content (AvgIpc) is 2.96. The first-order valence-corrected chi connectivity index (χ1v) is 8.79. The van der Waals surface area contributed by atoms with Gasteiger partial charge in [0.05, 0.1) is 11.0 Å². The Balaban J connectivity index is 1.78. The Hall–Kier alpha value is -2.53. The highest BCUT2D eigenvalue weighted by atomic mass is 16.6. The van der Waals surface area contributed by atoms with Crippen LogP contribution in [0.1, 0.15) is 23.4 Å². The van der Waals surface area contributed by atoms with Crippen LogP contribution in [0, 0.1) is 6.92 Å². The molecule has 2 heterocycles. The molecule has 0 unspecified atom stereocenters. The lowest BCUT2D eigenvalue weighted by Gasteiger charge is -2.18. The van der Waals surface area contributed by atoms with Crippen LogP contribution < -0.4 is 15.2 Å². The lowest BCUT2D eigenvalue weighted by atomic mass is 10.1. The maximum absolute atomic E-state index is 5.76. The van der Waals surface area contributed by atoms with E-state index in [0.717, 1.165) is 47.7 Å². The smallest absolute Gasteiger partial charge is 0.163 e. The molecule has 4 rings (SSSR count). The van der Waals surface area contributed by atoms with Gasteiger partial charge in [-0.2, -0.15) is 0 Å². The SMILES string of the molecule is Cc1ccc(Cn2c(CCCN)nc3cc4c(cc32)OCCO4)cc1. The Morgan fingerprint density at radius 3 is 2.52 bits per heavy atom. The first kappa shape index (κ1) is 16.0. The molecule has 0 saturated heterocycles. The van der Waals surface area contributed by atoms with Crippen molar-refractivity contribution in [3.05, 3.63) is 53.3 Å². The summed E-state index contributed by atoms with van der Waals surface area (Å²) in [5.41, 5.74) is 10.3. The third kappa shape index (κ3) is 3.20. The Morgan fingerprint density at radius 2 is 1.80 bits per heavy atom. The molecule has 0 bridgehead atoms. The number of imidazole rings is 1. The third-order valence-electron chi connectivity index (χ3n) is 4.56. The highest BCUT2D eigenvalue weighted by molar-refractivity contribution is 5.81. The number of aromatic nitrogens is 2. The van der Waals surface area contributed by atoms with E-state index in [1.807, 2.05) is 6.07 Å². The maximum Gasteiger partial charge on any atom is 0.163 e. The van der Waals surface area contributed by atoms with E-state index in [1.54, 1.807) is 0 Å². The predicted molar refractivity (Wildman–Crippen MR) is 98.4 cm³/mol. The van der Waals surface area contributed by atoms with E-state index in [1.165, 1.54) is 11.1 Å². The molecule has 0 aliphatic carbocycles. The summed E-state index contributed by atoms with van der Waals surface area (Å²) in [4.78, 5) is 4.84.